The fraction of sp³-hybridized carbons (Fsp3) is 0.500. The number of carbonyl (C=O) groups is 1. The van der Waals surface area contributed by atoms with Crippen LogP contribution in [0.2, 0.25) is 0 Å². The van der Waals surface area contributed by atoms with Crippen LogP contribution in [0.3, 0.4) is 0 Å². The predicted octanol–water partition coefficient (Wildman–Crippen LogP) is 4.61. The van der Waals surface area contributed by atoms with Crippen molar-refractivity contribution in [1.29, 1.82) is 0 Å². The molecule has 1 heterocycles. The molecule has 1 aromatic carbocycles. The Morgan fingerprint density at radius 1 is 0.923 bits per heavy atom. The lowest BCUT2D eigenvalue weighted by Crippen LogP contribution is -2.36. The normalized spacial score (nSPS) is 27.7. The second-order valence-electron chi connectivity index (χ2n) is 8.20. The molecule has 4 rings (SSSR count). The number of hydrogen-bond donors (Lipinski definition) is 0. The van der Waals surface area contributed by atoms with Crippen molar-refractivity contribution in [3.05, 3.63) is 47.3 Å². The summed E-state index contributed by atoms with van der Waals surface area (Å²) in [6, 6.07) is 13.4. The third-order valence-electron chi connectivity index (χ3n) is 6.50. The summed E-state index contributed by atoms with van der Waals surface area (Å²) in [5, 5.41) is 2.08. The molecule has 2 saturated carbocycles. The van der Waals surface area contributed by atoms with Gasteiger partial charge in [0.25, 0.3) is 5.91 Å². The van der Waals surface area contributed by atoms with E-state index < -0.39 is 0 Å². The third kappa shape index (κ3) is 3.33. The maximum Gasteiger partial charge on any atom is 0.253 e. The molecule has 0 saturated heterocycles. The second kappa shape index (κ2) is 7.16. The molecule has 0 aliphatic heterocycles. The van der Waals surface area contributed by atoms with E-state index in [4.69, 9.17) is 0 Å². The third-order valence-corrected chi connectivity index (χ3v) is 7.42. The van der Waals surface area contributed by atoms with E-state index in [9.17, 15) is 4.79 Å². The summed E-state index contributed by atoms with van der Waals surface area (Å²) >= 11 is 1.73. The largest absolute Gasteiger partial charge is 0.339 e. The highest BCUT2D eigenvalue weighted by molar-refractivity contribution is 7.13. The fourth-order valence-corrected chi connectivity index (χ4v) is 5.61. The number of benzene rings is 1. The van der Waals surface area contributed by atoms with Crippen molar-refractivity contribution in [2.75, 3.05) is 21.1 Å². The Labute approximate surface area is 160 Å². The van der Waals surface area contributed by atoms with Crippen LogP contribution in [0.25, 0.3) is 10.4 Å². The molecule has 2 unspecified atom stereocenters. The van der Waals surface area contributed by atoms with E-state index in [-0.39, 0.29) is 5.91 Å². The van der Waals surface area contributed by atoms with Crippen LogP contribution in [0.1, 0.15) is 36.0 Å². The summed E-state index contributed by atoms with van der Waals surface area (Å²) in [6.45, 7) is 0. The highest BCUT2D eigenvalue weighted by Crippen LogP contribution is 2.46. The van der Waals surface area contributed by atoms with Gasteiger partial charge in [-0.1, -0.05) is 18.2 Å². The number of fused-ring (bicyclic) bond motifs is 1. The van der Waals surface area contributed by atoms with E-state index in [1.54, 1.807) is 11.3 Å². The number of amides is 1. The lowest BCUT2D eigenvalue weighted by molar-refractivity contribution is 0.0726. The van der Waals surface area contributed by atoms with E-state index in [0.29, 0.717) is 6.04 Å². The minimum atomic E-state index is 0.164. The summed E-state index contributed by atoms with van der Waals surface area (Å²) in [7, 11) is 6.38. The molecule has 0 radical (unpaired) electrons. The highest BCUT2D eigenvalue weighted by Gasteiger charge is 2.44. The smallest absolute Gasteiger partial charge is 0.253 e. The summed E-state index contributed by atoms with van der Waals surface area (Å²) in [4.78, 5) is 18.6. The number of rotatable bonds is 4. The Balaban J connectivity index is 1.40. The van der Waals surface area contributed by atoms with Gasteiger partial charge < -0.3 is 9.80 Å². The van der Waals surface area contributed by atoms with E-state index in [1.165, 1.54) is 36.1 Å². The molecule has 0 bridgehead atoms. The Bertz CT molecular complexity index is 739. The molecule has 0 N–H and O–H groups in total. The monoisotopic (exact) mass is 368 g/mol. The van der Waals surface area contributed by atoms with Gasteiger partial charge in [-0.15, -0.1) is 11.3 Å². The van der Waals surface area contributed by atoms with Crippen LogP contribution in [-0.4, -0.2) is 48.9 Å². The molecule has 0 spiro atoms. The zero-order valence-electron chi connectivity index (χ0n) is 15.9. The van der Waals surface area contributed by atoms with Crippen molar-refractivity contribution < 1.29 is 4.79 Å². The standard InChI is InChI=1S/C22H28N2OS/c1-23(2)19-11-17-13-20(14-18(17)12-19)24(3)22(25)16-8-6-15(7-9-16)21-5-4-10-26-21/h4-10,17-20H,11-14H2,1-3H3/t17-,18+,19?,20?. The molecular formula is C22H28N2OS. The van der Waals surface area contributed by atoms with E-state index in [0.717, 1.165) is 23.4 Å². The highest BCUT2D eigenvalue weighted by atomic mass is 32.1. The lowest BCUT2D eigenvalue weighted by atomic mass is 10.0. The van der Waals surface area contributed by atoms with E-state index >= 15 is 0 Å². The second-order valence-corrected chi connectivity index (χ2v) is 9.15. The molecule has 2 fully saturated rings. The number of carbonyl (C=O) groups excluding carboxylic acids is 1. The van der Waals surface area contributed by atoms with Crippen molar-refractivity contribution in [2.45, 2.75) is 37.8 Å². The van der Waals surface area contributed by atoms with Gasteiger partial charge >= 0.3 is 0 Å². The quantitative estimate of drug-likeness (QED) is 0.787. The van der Waals surface area contributed by atoms with Crippen molar-refractivity contribution in [1.82, 2.24) is 9.80 Å². The summed E-state index contributed by atoms with van der Waals surface area (Å²) in [5.74, 6) is 1.75. The zero-order valence-corrected chi connectivity index (χ0v) is 16.7. The maximum absolute atomic E-state index is 12.9. The summed E-state index contributed by atoms with van der Waals surface area (Å²) < 4.78 is 0. The molecule has 1 amide bonds. The van der Waals surface area contributed by atoms with Gasteiger partial charge in [-0.25, -0.2) is 0 Å². The van der Waals surface area contributed by atoms with Crippen molar-refractivity contribution >= 4 is 17.2 Å². The van der Waals surface area contributed by atoms with Crippen molar-refractivity contribution in [2.24, 2.45) is 11.8 Å². The fourth-order valence-electron chi connectivity index (χ4n) is 4.88. The van der Waals surface area contributed by atoms with Crippen LogP contribution in [0.15, 0.2) is 41.8 Å². The first kappa shape index (κ1) is 17.7. The van der Waals surface area contributed by atoms with Gasteiger partial charge in [0.2, 0.25) is 0 Å². The number of nitrogens with zero attached hydrogens (tertiary/aromatic N) is 2. The molecule has 1 aromatic heterocycles. The maximum atomic E-state index is 12.9. The average molecular weight is 369 g/mol. The molecular weight excluding hydrogens is 340 g/mol. The molecule has 2 aliphatic rings. The van der Waals surface area contributed by atoms with E-state index in [2.05, 4.69) is 48.6 Å². The van der Waals surface area contributed by atoms with Crippen LogP contribution in [0.5, 0.6) is 0 Å². The Kier molecular flexibility index (Phi) is 4.89. The zero-order chi connectivity index (χ0) is 18.3. The van der Waals surface area contributed by atoms with Gasteiger partial charge in [-0.05, 0) is 80.8 Å². The SMILES string of the molecule is CN(C)C1C[C@@H]2CC(N(C)C(=O)c3ccc(-c4cccs4)cc3)C[C@@H]2C1. The van der Waals surface area contributed by atoms with Gasteiger partial charge in [0.15, 0.2) is 0 Å². The summed E-state index contributed by atoms with van der Waals surface area (Å²) in [5.41, 5.74) is 1.99. The van der Waals surface area contributed by atoms with Crippen LogP contribution < -0.4 is 0 Å². The van der Waals surface area contributed by atoms with Crippen LogP contribution >= 0.6 is 11.3 Å². The van der Waals surface area contributed by atoms with Crippen molar-refractivity contribution in [3.8, 4) is 10.4 Å². The lowest BCUT2D eigenvalue weighted by Gasteiger charge is -2.27. The number of hydrogen-bond acceptors (Lipinski definition) is 3. The topological polar surface area (TPSA) is 23.6 Å². The molecule has 4 atom stereocenters. The number of thiophene rings is 1. The molecule has 3 nitrogen and oxygen atoms in total. The first-order chi connectivity index (χ1) is 12.5. The first-order valence-electron chi connectivity index (χ1n) is 9.60. The van der Waals surface area contributed by atoms with Crippen molar-refractivity contribution in [3.63, 3.8) is 0 Å². The molecule has 26 heavy (non-hydrogen) atoms. The minimum absolute atomic E-state index is 0.164. The average Bonchev–Trinajstić information content (AvgIpc) is 3.36. The molecule has 2 aliphatic carbocycles. The Hall–Kier alpha value is -1.65. The summed E-state index contributed by atoms with van der Waals surface area (Å²) in [6.07, 6.45) is 4.94. The molecule has 138 valence electrons. The Morgan fingerprint density at radius 2 is 1.54 bits per heavy atom. The molecule has 2 aromatic rings. The van der Waals surface area contributed by atoms with Crippen LogP contribution in [-0.2, 0) is 0 Å². The van der Waals surface area contributed by atoms with Crippen LogP contribution in [0.4, 0.5) is 0 Å². The predicted molar refractivity (Wildman–Crippen MR) is 109 cm³/mol. The van der Waals surface area contributed by atoms with Gasteiger partial charge in [0, 0.05) is 29.6 Å². The van der Waals surface area contributed by atoms with E-state index in [1.807, 2.05) is 24.1 Å². The minimum Gasteiger partial charge on any atom is -0.339 e. The van der Waals surface area contributed by atoms with Gasteiger partial charge in [-0.2, -0.15) is 0 Å². The van der Waals surface area contributed by atoms with Gasteiger partial charge in [-0.3, -0.25) is 4.79 Å². The van der Waals surface area contributed by atoms with Gasteiger partial charge in [0.05, 0.1) is 0 Å². The molecule has 4 heteroatoms. The van der Waals surface area contributed by atoms with Gasteiger partial charge in [0.1, 0.15) is 0 Å². The Morgan fingerprint density at radius 3 is 2.08 bits per heavy atom. The van der Waals surface area contributed by atoms with Crippen LogP contribution in [0, 0.1) is 11.8 Å². The first-order valence-corrected chi connectivity index (χ1v) is 10.5.